The van der Waals surface area contributed by atoms with Crippen molar-refractivity contribution in [2.75, 3.05) is 4.72 Å². The summed E-state index contributed by atoms with van der Waals surface area (Å²) in [5, 5.41) is 6.59. The van der Waals surface area contributed by atoms with Gasteiger partial charge in [-0.1, -0.05) is 29.8 Å². The first-order chi connectivity index (χ1) is 11.1. The van der Waals surface area contributed by atoms with Crippen molar-refractivity contribution in [3.63, 3.8) is 0 Å². The van der Waals surface area contributed by atoms with Crippen LogP contribution in [0.4, 0.5) is 5.69 Å². The Morgan fingerprint density at radius 1 is 1.04 bits per heavy atom. The number of rotatable bonds is 5. The number of halogens is 1. The van der Waals surface area contributed by atoms with E-state index in [1.807, 2.05) is 0 Å². The molecule has 0 bridgehead atoms. The third-order valence-electron chi connectivity index (χ3n) is 3.10. The summed E-state index contributed by atoms with van der Waals surface area (Å²) in [7, 11) is -7.75. The molecule has 0 aromatic heterocycles. The van der Waals surface area contributed by atoms with Crippen molar-refractivity contribution in [1.29, 1.82) is 0 Å². The highest BCUT2D eigenvalue weighted by molar-refractivity contribution is 7.95. The number of benzene rings is 2. The smallest absolute Gasteiger partial charge is 0.255 e. The zero-order valence-corrected chi connectivity index (χ0v) is 15.0. The lowest BCUT2D eigenvalue weighted by atomic mass is 10.2. The lowest BCUT2D eigenvalue weighted by Crippen LogP contribution is -2.14. The van der Waals surface area contributed by atoms with Crippen LogP contribution in [0.2, 0.25) is 5.02 Å². The van der Waals surface area contributed by atoms with Gasteiger partial charge in [0, 0.05) is 5.02 Å². The number of nitrogens with two attached hydrogens (primary N) is 1. The predicted molar refractivity (Wildman–Crippen MR) is 95.6 cm³/mol. The molecule has 2 aromatic carbocycles. The molecule has 0 radical (unpaired) electrons. The molecule has 0 spiro atoms. The quantitative estimate of drug-likeness (QED) is 0.823. The molecule has 24 heavy (non-hydrogen) atoms. The summed E-state index contributed by atoms with van der Waals surface area (Å²) in [6, 6.07) is 10.6. The fourth-order valence-corrected chi connectivity index (χ4v) is 3.41. The van der Waals surface area contributed by atoms with Crippen molar-refractivity contribution in [3.8, 4) is 0 Å². The molecule has 0 heterocycles. The van der Waals surface area contributed by atoms with E-state index in [4.69, 9.17) is 16.7 Å². The first kappa shape index (κ1) is 18.5. The molecule has 0 saturated heterocycles. The highest BCUT2D eigenvalue weighted by Gasteiger charge is 2.13. The number of primary sulfonamides is 1. The Balaban J connectivity index is 2.27. The van der Waals surface area contributed by atoms with Gasteiger partial charge in [-0.2, -0.15) is 0 Å². The summed E-state index contributed by atoms with van der Waals surface area (Å²) < 4.78 is 49.4. The van der Waals surface area contributed by atoms with Crippen molar-refractivity contribution in [2.24, 2.45) is 5.14 Å². The summed E-state index contributed by atoms with van der Waals surface area (Å²) in [5.41, 5.74) is 1.35. The zero-order valence-electron chi connectivity index (χ0n) is 12.6. The standard InChI is InChI=1S/C15H15ClN2O4S2/c1-11-2-7-14(24(17,21)22)10-15(11)18-23(19,20)9-8-12-3-5-13(16)6-4-12/h2-10,18H,1H3,(H2,17,21,22). The van der Waals surface area contributed by atoms with E-state index in [-0.39, 0.29) is 10.6 Å². The lowest BCUT2D eigenvalue weighted by Gasteiger charge is -2.09. The van der Waals surface area contributed by atoms with E-state index in [1.165, 1.54) is 24.3 Å². The first-order valence-corrected chi connectivity index (χ1v) is 10.1. The molecule has 0 aliphatic carbocycles. The van der Waals surface area contributed by atoms with E-state index in [9.17, 15) is 16.8 Å². The Hall–Kier alpha value is -1.87. The molecule has 128 valence electrons. The fourth-order valence-electron chi connectivity index (χ4n) is 1.82. The van der Waals surface area contributed by atoms with Crippen LogP contribution in [0.15, 0.2) is 52.8 Å². The zero-order chi connectivity index (χ0) is 18.0. The average Bonchev–Trinajstić information content (AvgIpc) is 2.48. The topological polar surface area (TPSA) is 106 Å². The van der Waals surface area contributed by atoms with Gasteiger partial charge in [0.15, 0.2) is 0 Å². The normalized spacial score (nSPS) is 12.5. The summed E-state index contributed by atoms with van der Waals surface area (Å²) >= 11 is 5.76. The van der Waals surface area contributed by atoms with E-state index < -0.39 is 20.0 Å². The molecule has 9 heteroatoms. The van der Waals surface area contributed by atoms with Crippen molar-refractivity contribution >= 4 is 43.4 Å². The Labute approximate surface area is 146 Å². The van der Waals surface area contributed by atoms with Gasteiger partial charge in [0.2, 0.25) is 10.0 Å². The van der Waals surface area contributed by atoms with E-state index >= 15 is 0 Å². The lowest BCUT2D eigenvalue weighted by molar-refractivity contribution is 0.597. The van der Waals surface area contributed by atoms with Crippen LogP contribution in [-0.2, 0) is 20.0 Å². The highest BCUT2D eigenvalue weighted by atomic mass is 35.5. The Morgan fingerprint density at radius 3 is 2.25 bits per heavy atom. The maximum absolute atomic E-state index is 12.1. The molecule has 2 aromatic rings. The number of nitrogens with one attached hydrogen (secondary N) is 1. The summed E-state index contributed by atoms with van der Waals surface area (Å²) in [6.45, 7) is 1.65. The van der Waals surface area contributed by atoms with Gasteiger partial charge in [-0.3, -0.25) is 4.72 Å². The van der Waals surface area contributed by atoms with Crippen LogP contribution in [-0.4, -0.2) is 16.8 Å². The van der Waals surface area contributed by atoms with E-state index in [0.29, 0.717) is 16.1 Å². The van der Waals surface area contributed by atoms with Gasteiger partial charge in [-0.15, -0.1) is 0 Å². The summed E-state index contributed by atoms with van der Waals surface area (Å²) in [6.07, 6.45) is 1.40. The average molecular weight is 387 g/mol. The largest absolute Gasteiger partial charge is 0.280 e. The first-order valence-electron chi connectivity index (χ1n) is 6.67. The molecule has 3 N–H and O–H groups in total. The molecule has 0 atom stereocenters. The molecule has 0 amide bonds. The number of hydrogen-bond donors (Lipinski definition) is 2. The fraction of sp³-hybridized carbons (Fsp3) is 0.0667. The second-order valence-electron chi connectivity index (χ2n) is 5.02. The minimum absolute atomic E-state index is 0.141. The van der Waals surface area contributed by atoms with Crippen molar-refractivity contribution in [3.05, 3.63) is 64.0 Å². The Morgan fingerprint density at radius 2 is 1.67 bits per heavy atom. The van der Waals surface area contributed by atoms with Crippen molar-refractivity contribution in [2.45, 2.75) is 11.8 Å². The maximum atomic E-state index is 12.1. The second kappa shape index (κ2) is 6.94. The van der Waals surface area contributed by atoms with Gasteiger partial charge in [-0.25, -0.2) is 22.0 Å². The second-order valence-corrected chi connectivity index (χ2v) is 8.59. The minimum Gasteiger partial charge on any atom is -0.280 e. The van der Waals surface area contributed by atoms with Crippen LogP contribution in [0.25, 0.3) is 6.08 Å². The van der Waals surface area contributed by atoms with Crippen molar-refractivity contribution in [1.82, 2.24) is 0 Å². The molecule has 6 nitrogen and oxygen atoms in total. The van der Waals surface area contributed by atoms with E-state index in [2.05, 4.69) is 4.72 Å². The molecule has 0 aliphatic heterocycles. The van der Waals surface area contributed by atoms with Gasteiger partial charge >= 0.3 is 0 Å². The van der Waals surface area contributed by atoms with Crippen LogP contribution >= 0.6 is 11.6 Å². The number of sulfonamides is 2. The van der Waals surface area contributed by atoms with Gasteiger partial charge in [-0.05, 0) is 48.4 Å². The van der Waals surface area contributed by atoms with Gasteiger partial charge in [0.25, 0.3) is 10.0 Å². The Bertz CT molecular complexity index is 983. The van der Waals surface area contributed by atoms with Crippen LogP contribution in [0.3, 0.4) is 0 Å². The van der Waals surface area contributed by atoms with Crippen molar-refractivity contribution < 1.29 is 16.8 Å². The Kier molecular flexibility index (Phi) is 5.34. The monoisotopic (exact) mass is 386 g/mol. The SMILES string of the molecule is Cc1ccc(S(N)(=O)=O)cc1NS(=O)(=O)C=Cc1ccc(Cl)cc1. The van der Waals surface area contributed by atoms with Gasteiger partial charge in [0.1, 0.15) is 0 Å². The number of hydrogen-bond acceptors (Lipinski definition) is 4. The molecule has 0 unspecified atom stereocenters. The molecule has 0 fully saturated rings. The molecule has 0 aliphatic rings. The van der Waals surface area contributed by atoms with Gasteiger partial charge < -0.3 is 0 Å². The predicted octanol–water partition coefficient (Wildman–Crippen LogP) is 2.71. The number of aryl methyl sites for hydroxylation is 1. The molecule has 0 saturated carbocycles. The van der Waals surface area contributed by atoms with Crippen LogP contribution in [0.5, 0.6) is 0 Å². The summed E-state index contributed by atoms with van der Waals surface area (Å²) in [5.74, 6) is 0. The minimum atomic E-state index is -3.92. The van der Waals surface area contributed by atoms with Crippen LogP contribution < -0.4 is 9.86 Å². The third-order valence-corrected chi connectivity index (χ3v) is 5.26. The van der Waals surface area contributed by atoms with E-state index in [1.54, 1.807) is 31.2 Å². The van der Waals surface area contributed by atoms with Crippen LogP contribution in [0.1, 0.15) is 11.1 Å². The van der Waals surface area contributed by atoms with E-state index in [0.717, 1.165) is 5.41 Å². The summed E-state index contributed by atoms with van der Waals surface area (Å²) in [4.78, 5) is -0.174. The molecular weight excluding hydrogens is 372 g/mol. The molecule has 2 rings (SSSR count). The highest BCUT2D eigenvalue weighted by Crippen LogP contribution is 2.21. The van der Waals surface area contributed by atoms with Gasteiger partial charge in [0.05, 0.1) is 16.0 Å². The third kappa shape index (κ3) is 5.07. The molecular formula is C15H15ClN2O4S2. The van der Waals surface area contributed by atoms with Crippen LogP contribution in [0, 0.1) is 6.92 Å². The maximum Gasteiger partial charge on any atom is 0.255 e. The number of anilines is 1.